The Morgan fingerprint density at radius 3 is 2.63 bits per heavy atom. The molecule has 0 radical (unpaired) electrons. The number of carbonyl (C=O) groups excluding carboxylic acids is 3. The normalized spacial score (nSPS) is 24.9. The minimum absolute atomic E-state index is 0.0218. The lowest BCUT2D eigenvalue weighted by atomic mass is 9.95. The van der Waals surface area contributed by atoms with E-state index in [9.17, 15) is 14.4 Å². The van der Waals surface area contributed by atoms with E-state index in [0.29, 0.717) is 75.7 Å². The first-order chi connectivity index (χ1) is 19.9. The van der Waals surface area contributed by atoms with Crippen LogP contribution in [0.5, 0.6) is 5.88 Å². The zero-order valence-corrected chi connectivity index (χ0v) is 24.2. The highest BCUT2D eigenvalue weighted by Gasteiger charge is 2.40. The standard InChI is InChI=1S/C30H38ClN5O5/c1-21(37)35-12-13-40-14-15-41-28-7-3-6-26(33-28)29(38)32-25-17-27(30(39)34-10-8-22(18-35)9-11-34)36(20-25)19-23-4-2-5-24(31)16-23/h2-7,16,22,25,27H,8-15,17-20H2,1H3,(H,32,38)/t25-,27+/m1/s1. The molecule has 0 unspecified atom stereocenters. The van der Waals surface area contributed by atoms with Gasteiger partial charge in [-0.15, -0.1) is 0 Å². The smallest absolute Gasteiger partial charge is 0.270 e. The van der Waals surface area contributed by atoms with Crippen molar-refractivity contribution in [1.29, 1.82) is 0 Å². The van der Waals surface area contributed by atoms with Gasteiger partial charge in [0.05, 0.1) is 19.3 Å². The first kappa shape index (κ1) is 29.3. The van der Waals surface area contributed by atoms with Gasteiger partial charge in [-0.1, -0.05) is 29.8 Å². The molecule has 2 aromatic rings. The van der Waals surface area contributed by atoms with Crippen molar-refractivity contribution in [3.8, 4) is 5.88 Å². The molecule has 2 atom stereocenters. The maximum Gasteiger partial charge on any atom is 0.270 e. The number of carbonyl (C=O) groups is 3. The molecule has 1 N–H and O–H groups in total. The molecule has 41 heavy (non-hydrogen) atoms. The molecule has 4 aliphatic heterocycles. The van der Waals surface area contributed by atoms with Gasteiger partial charge in [0.15, 0.2) is 0 Å². The Bertz CT molecular complexity index is 1240. The summed E-state index contributed by atoms with van der Waals surface area (Å²) in [5.74, 6) is 0.468. The van der Waals surface area contributed by atoms with Gasteiger partial charge < -0.3 is 24.6 Å². The molecular weight excluding hydrogens is 546 g/mol. The molecule has 0 aliphatic carbocycles. The van der Waals surface area contributed by atoms with Crippen LogP contribution >= 0.6 is 11.6 Å². The number of pyridine rings is 1. The van der Waals surface area contributed by atoms with Crippen molar-refractivity contribution < 1.29 is 23.9 Å². The van der Waals surface area contributed by atoms with E-state index in [1.54, 1.807) is 25.1 Å². The van der Waals surface area contributed by atoms with Crippen LogP contribution in [-0.4, -0.2) is 102 Å². The Labute approximate surface area is 245 Å². The molecule has 0 spiro atoms. The van der Waals surface area contributed by atoms with Crippen molar-refractivity contribution in [1.82, 2.24) is 25.0 Å². The second-order valence-corrected chi connectivity index (χ2v) is 11.5. The van der Waals surface area contributed by atoms with Gasteiger partial charge in [-0.2, -0.15) is 0 Å². The number of halogens is 1. The van der Waals surface area contributed by atoms with Gasteiger partial charge in [0, 0.05) is 63.3 Å². The number of benzene rings is 1. The third kappa shape index (κ3) is 7.75. The van der Waals surface area contributed by atoms with Crippen LogP contribution in [0.15, 0.2) is 42.5 Å². The van der Waals surface area contributed by atoms with Crippen LogP contribution in [0.1, 0.15) is 42.2 Å². The highest BCUT2D eigenvalue weighted by atomic mass is 35.5. The summed E-state index contributed by atoms with van der Waals surface area (Å²) in [4.78, 5) is 49.6. The topological polar surface area (TPSA) is 104 Å². The predicted octanol–water partition coefficient (Wildman–Crippen LogP) is 2.60. The number of nitrogens with zero attached hydrogens (tertiary/aromatic N) is 4. The van der Waals surface area contributed by atoms with Crippen LogP contribution in [0.3, 0.4) is 0 Å². The van der Waals surface area contributed by atoms with Gasteiger partial charge >= 0.3 is 0 Å². The number of hydrogen-bond donors (Lipinski definition) is 1. The zero-order valence-electron chi connectivity index (χ0n) is 23.5. The van der Waals surface area contributed by atoms with Crippen molar-refractivity contribution in [2.75, 3.05) is 52.5 Å². The average molecular weight is 584 g/mol. The SMILES string of the molecule is CC(=O)N1CCOCCOc2cccc(n2)C(=O)N[C@@H]2C[C@@H](C(=O)N3CCC(CC3)C1)N(Cc1cccc(Cl)c1)C2. The largest absolute Gasteiger partial charge is 0.475 e. The second kappa shape index (κ2) is 13.6. The molecule has 2 saturated heterocycles. The Morgan fingerprint density at radius 2 is 1.85 bits per heavy atom. The van der Waals surface area contributed by atoms with E-state index in [1.807, 2.05) is 34.1 Å². The first-order valence-corrected chi connectivity index (χ1v) is 14.7. The van der Waals surface area contributed by atoms with Crippen molar-refractivity contribution in [3.63, 3.8) is 0 Å². The van der Waals surface area contributed by atoms with Gasteiger partial charge in [-0.05, 0) is 48.9 Å². The molecular formula is C30H38ClN5O5. The summed E-state index contributed by atoms with van der Waals surface area (Å²) in [5, 5.41) is 3.74. The minimum Gasteiger partial charge on any atom is -0.475 e. The van der Waals surface area contributed by atoms with Crippen molar-refractivity contribution in [2.45, 2.75) is 44.8 Å². The van der Waals surface area contributed by atoms with Crippen LogP contribution in [0.25, 0.3) is 0 Å². The van der Waals surface area contributed by atoms with Crippen LogP contribution in [0, 0.1) is 5.92 Å². The summed E-state index contributed by atoms with van der Waals surface area (Å²) in [6, 6.07) is 12.2. The van der Waals surface area contributed by atoms with E-state index in [2.05, 4.69) is 15.2 Å². The lowest BCUT2D eigenvalue weighted by molar-refractivity contribution is -0.138. The number of nitrogens with one attached hydrogen (secondary N) is 1. The fraction of sp³-hybridized carbons (Fsp3) is 0.533. The third-order valence-corrected chi connectivity index (χ3v) is 8.32. The Balaban J connectivity index is 1.35. The lowest BCUT2D eigenvalue weighted by Gasteiger charge is -2.37. The molecule has 5 heterocycles. The predicted molar refractivity (Wildman–Crippen MR) is 154 cm³/mol. The fourth-order valence-corrected chi connectivity index (χ4v) is 6.12. The van der Waals surface area contributed by atoms with Crippen molar-refractivity contribution >= 4 is 29.3 Å². The molecule has 0 saturated carbocycles. The summed E-state index contributed by atoms with van der Waals surface area (Å²) in [5.41, 5.74) is 1.27. The molecule has 1 aromatic heterocycles. The maximum absolute atomic E-state index is 13.9. The summed E-state index contributed by atoms with van der Waals surface area (Å²) in [6.45, 7) is 6.16. The molecule has 6 bridgehead atoms. The number of likely N-dealkylation sites (tertiary alicyclic amines) is 1. The number of fused-ring (bicyclic) bond motifs is 10. The van der Waals surface area contributed by atoms with Gasteiger partial charge in [-0.25, -0.2) is 4.98 Å². The molecule has 6 rings (SSSR count). The van der Waals surface area contributed by atoms with Crippen LogP contribution in [-0.2, 0) is 20.9 Å². The Hall–Kier alpha value is -3.21. The van der Waals surface area contributed by atoms with Gasteiger partial charge in [0.2, 0.25) is 17.7 Å². The van der Waals surface area contributed by atoms with E-state index in [1.165, 1.54) is 0 Å². The third-order valence-electron chi connectivity index (χ3n) is 8.09. The van der Waals surface area contributed by atoms with E-state index in [0.717, 1.165) is 18.4 Å². The number of hydrogen-bond acceptors (Lipinski definition) is 7. The Kier molecular flexibility index (Phi) is 9.74. The molecule has 11 heteroatoms. The summed E-state index contributed by atoms with van der Waals surface area (Å²) in [7, 11) is 0. The average Bonchev–Trinajstić information content (AvgIpc) is 3.35. The number of piperidine rings is 1. The molecule has 2 fully saturated rings. The van der Waals surface area contributed by atoms with Crippen LogP contribution < -0.4 is 10.1 Å². The summed E-state index contributed by atoms with van der Waals surface area (Å²) in [6.07, 6.45) is 2.19. The summed E-state index contributed by atoms with van der Waals surface area (Å²) >= 11 is 6.24. The maximum atomic E-state index is 13.9. The number of aromatic nitrogens is 1. The van der Waals surface area contributed by atoms with Crippen LogP contribution in [0.4, 0.5) is 0 Å². The molecule has 3 amide bonds. The van der Waals surface area contributed by atoms with Crippen molar-refractivity contribution in [2.24, 2.45) is 5.92 Å². The number of amides is 3. The fourth-order valence-electron chi connectivity index (χ4n) is 5.91. The monoisotopic (exact) mass is 583 g/mol. The van der Waals surface area contributed by atoms with Gasteiger partial charge in [0.25, 0.3) is 5.91 Å². The second-order valence-electron chi connectivity index (χ2n) is 11.0. The van der Waals surface area contributed by atoms with E-state index in [4.69, 9.17) is 21.1 Å². The molecule has 10 nitrogen and oxygen atoms in total. The number of rotatable bonds is 2. The number of ether oxygens (including phenoxy) is 2. The quantitative estimate of drug-likeness (QED) is 0.542. The van der Waals surface area contributed by atoms with E-state index >= 15 is 0 Å². The first-order valence-electron chi connectivity index (χ1n) is 14.4. The lowest BCUT2D eigenvalue weighted by Crippen LogP contribution is -2.49. The molecule has 4 aliphatic rings. The minimum atomic E-state index is -0.363. The Morgan fingerprint density at radius 1 is 1.05 bits per heavy atom. The molecule has 220 valence electrons. The van der Waals surface area contributed by atoms with Gasteiger partial charge in [-0.3, -0.25) is 19.3 Å². The highest BCUT2D eigenvalue weighted by Crippen LogP contribution is 2.27. The van der Waals surface area contributed by atoms with E-state index in [-0.39, 0.29) is 42.1 Å². The van der Waals surface area contributed by atoms with E-state index < -0.39 is 0 Å². The highest BCUT2D eigenvalue weighted by molar-refractivity contribution is 6.30. The van der Waals surface area contributed by atoms with Crippen molar-refractivity contribution in [3.05, 3.63) is 58.7 Å². The summed E-state index contributed by atoms with van der Waals surface area (Å²) < 4.78 is 11.4. The zero-order chi connectivity index (χ0) is 28.8. The van der Waals surface area contributed by atoms with Crippen LogP contribution in [0.2, 0.25) is 5.02 Å². The molecule has 1 aromatic carbocycles. The van der Waals surface area contributed by atoms with Gasteiger partial charge in [0.1, 0.15) is 12.3 Å².